The number of para-hydroxylation sites is 3. The Balaban J connectivity index is 1.57. The van der Waals surface area contributed by atoms with Crippen LogP contribution in [0.15, 0.2) is 54.6 Å². The third-order valence-electron chi connectivity index (χ3n) is 4.83. The summed E-state index contributed by atoms with van der Waals surface area (Å²) in [7, 11) is 0. The number of fused-ring (bicyclic) bond motifs is 1. The lowest BCUT2D eigenvalue weighted by Crippen LogP contribution is -2.36. The summed E-state index contributed by atoms with van der Waals surface area (Å²) in [6.07, 6.45) is 0.986. The molecule has 1 saturated heterocycles. The van der Waals surface area contributed by atoms with Crippen LogP contribution in [0.25, 0.3) is 11.0 Å². The molecule has 1 aromatic heterocycles. The van der Waals surface area contributed by atoms with E-state index < -0.39 is 0 Å². The second-order valence-corrected chi connectivity index (χ2v) is 6.69. The molecule has 1 aliphatic heterocycles. The van der Waals surface area contributed by atoms with Crippen molar-refractivity contribution < 1.29 is 9.53 Å². The van der Waals surface area contributed by atoms with Gasteiger partial charge in [0.05, 0.1) is 11.0 Å². The van der Waals surface area contributed by atoms with Crippen LogP contribution in [0.2, 0.25) is 0 Å². The first-order chi connectivity index (χ1) is 13.3. The topological polar surface area (TPSA) is 59.4 Å². The number of rotatable bonds is 5. The van der Waals surface area contributed by atoms with Crippen molar-refractivity contribution in [3.05, 3.63) is 60.4 Å². The molecule has 0 spiro atoms. The molecule has 0 unspecified atom stereocenters. The van der Waals surface area contributed by atoms with Crippen molar-refractivity contribution in [3.8, 4) is 5.75 Å². The van der Waals surface area contributed by atoms with Crippen LogP contribution < -0.4 is 10.1 Å². The number of imidazole rings is 1. The van der Waals surface area contributed by atoms with E-state index in [4.69, 9.17) is 9.72 Å². The standard InChI is InChI=1S/C21H24N4O2/c26-21(24-13-6-11-22-12-14-24)15-25-19-10-5-4-9-18(19)23-20(25)16-27-17-7-2-1-3-8-17/h1-5,7-10,22H,6,11-16H2. The number of nitrogens with one attached hydrogen (secondary N) is 1. The molecular formula is C21H24N4O2. The van der Waals surface area contributed by atoms with Crippen molar-refractivity contribution in [3.63, 3.8) is 0 Å². The van der Waals surface area contributed by atoms with E-state index in [1.54, 1.807) is 0 Å². The Kier molecular flexibility index (Phi) is 5.34. The molecule has 2 heterocycles. The zero-order chi connectivity index (χ0) is 18.5. The molecule has 0 saturated carbocycles. The van der Waals surface area contributed by atoms with Crippen LogP contribution in [0.5, 0.6) is 5.75 Å². The minimum Gasteiger partial charge on any atom is -0.486 e. The molecule has 6 nitrogen and oxygen atoms in total. The molecule has 1 aliphatic rings. The predicted molar refractivity (Wildman–Crippen MR) is 105 cm³/mol. The average molecular weight is 364 g/mol. The average Bonchev–Trinajstić information content (AvgIpc) is 2.87. The molecule has 0 aliphatic carbocycles. The number of ether oxygens (including phenoxy) is 1. The van der Waals surface area contributed by atoms with Gasteiger partial charge in [0.1, 0.15) is 24.7 Å². The van der Waals surface area contributed by atoms with E-state index in [1.807, 2.05) is 64.1 Å². The SMILES string of the molecule is O=C(Cn1c(COc2ccccc2)nc2ccccc21)N1CCCNCC1. The van der Waals surface area contributed by atoms with Gasteiger partial charge in [0.15, 0.2) is 0 Å². The summed E-state index contributed by atoms with van der Waals surface area (Å²) in [6, 6.07) is 17.6. The highest BCUT2D eigenvalue weighted by atomic mass is 16.5. The van der Waals surface area contributed by atoms with E-state index in [-0.39, 0.29) is 12.5 Å². The largest absolute Gasteiger partial charge is 0.486 e. The third-order valence-corrected chi connectivity index (χ3v) is 4.83. The number of hydrogen-bond donors (Lipinski definition) is 1. The second kappa shape index (κ2) is 8.22. The Hall–Kier alpha value is -2.86. The fraction of sp³-hybridized carbons (Fsp3) is 0.333. The Morgan fingerprint density at radius 3 is 2.74 bits per heavy atom. The fourth-order valence-electron chi connectivity index (χ4n) is 3.41. The maximum atomic E-state index is 12.9. The maximum Gasteiger partial charge on any atom is 0.242 e. The van der Waals surface area contributed by atoms with E-state index in [0.29, 0.717) is 6.61 Å². The molecule has 6 heteroatoms. The normalized spacial score (nSPS) is 14.9. The quantitative estimate of drug-likeness (QED) is 0.755. The van der Waals surface area contributed by atoms with E-state index in [0.717, 1.165) is 55.2 Å². The highest BCUT2D eigenvalue weighted by Gasteiger charge is 2.19. The van der Waals surface area contributed by atoms with E-state index in [1.165, 1.54) is 0 Å². The van der Waals surface area contributed by atoms with Crippen LogP contribution in [0, 0.1) is 0 Å². The van der Waals surface area contributed by atoms with Gasteiger partial charge in [0, 0.05) is 19.6 Å². The van der Waals surface area contributed by atoms with Crippen molar-refractivity contribution in [1.29, 1.82) is 0 Å². The highest BCUT2D eigenvalue weighted by Crippen LogP contribution is 2.19. The lowest BCUT2D eigenvalue weighted by molar-refractivity contribution is -0.131. The number of carbonyl (C=O) groups is 1. The minimum absolute atomic E-state index is 0.128. The molecule has 0 atom stereocenters. The summed E-state index contributed by atoms with van der Waals surface area (Å²) in [5.74, 6) is 1.69. The van der Waals surface area contributed by atoms with Gasteiger partial charge in [-0.2, -0.15) is 0 Å². The summed E-state index contributed by atoms with van der Waals surface area (Å²) in [4.78, 5) is 19.5. The molecule has 27 heavy (non-hydrogen) atoms. The van der Waals surface area contributed by atoms with E-state index in [9.17, 15) is 4.79 Å². The molecule has 3 aromatic rings. The monoisotopic (exact) mass is 364 g/mol. The van der Waals surface area contributed by atoms with Gasteiger partial charge in [0.2, 0.25) is 5.91 Å². The van der Waals surface area contributed by atoms with Gasteiger partial charge in [-0.25, -0.2) is 4.98 Å². The lowest BCUT2D eigenvalue weighted by Gasteiger charge is -2.21. The van der Waals surface area contributed by atoms with Crippen molar-refractivity contribution in [2.45, 2.75) is 19.6 Å². The minimum atomic E-state index is 0.128. The molecule has 4 rings (SSSR count). The smallest absolute Gasteiger partial charge is 0.242 e. The van der Waals surface area contributed by atoms with Crippen LogP contribution in [-0.4, -0.2) is 46.5 Å². The molecular weight excluding hydrogens is 340 g/mol. The third kappa shape index (κ3) is 4.11. The Morgan fingerprint density at radius 2 is 1.85 bits per heavy atom. The zero-order valence-corrected chi connectivity index (χ0v) is 15.3. The molecule has 1 N–H and O–H groups in total. The maximum absolute atomic E-state index is 12.9. The van der Waals surface area contributed by atoms with Crippen LogP contribution in [0.1, 0.15) is 12.2 Å². The first-order valence-corrected chi connectivity index (χ1v) is 9.42. The molecule has 1 fully saturated rings. The number of hydrogen-bond acceptors (Lipinski definition) is 4. The highest BCUT2D eigenvalue weighted by molar-refractivity contribution is 5.81. The Labute approximate surface area is 158 Å². The number of carbonyl (C=O) groups excluding carboxylic acids is 1. The molecule has 0 radical (unpaired) electrons. The van der Waals surface area contributed by atoms with Gasteiger partial charge >= 0.3 is 0 Å². The van der Waals surface area contributed by atoms with Gasteiger partial charge in [-0.3, -0.25) is 4.79 Å². The fourth-order valence-corrected chi connectivity index (χ4v) is 3.41. The van der Waals surface area contributed by atoms with Gasteiger partial charge < -0.3 is 19.5 Å². The zero-order valence-electron chi connectivity index (χ0n) is 15.3. The molecule has 1 amide bonds. The second-order valence-electron chi connectivity index (χ2n) is 6.69. The summed E-state index contributed by atoms with van der Waals surface area (Å²) in [6.45, 7) is 3.98. The van der Waals surface area contributed by atoms with Gasteiger partial charge in [-0.05, 0) is 37.2 Å². The number of nitrogens with zero attached hydrogens (tertiary/aromatic N) is 3. The first kappa shape index (κ1) is 17.5. The number of aromatic nitrogens is 2. The van der Waals surface area contributed by atoms with Crippen LogP contribution >= 0.6 is 0 Å². The molecule has 140 valence electrons. The number of amides is 1. The van der Waals surface area contributed by atoms with Gasteiger partial charge in [0.25, 0.3) is 0 Å². The van der Waals surface area contributed by atoms with Crippen LogP contribution in [-0.2, 0) is 17.9 Å². The summed E-state index contributed by atoms with van der Waals surface area (Å²) >= 11 is 0. The van der Waals surface area contributed by atoms with Crippen molar-refractivity contribution in [1.82, 2.24) is 19.8 Å². The summed E-state index contributed by atoms with van der Waals surface area (Å²) < 4.78 is 7.88. The van der Waals surface area contributed by atoms with Crippen molar-refractivity contribution >= 4 is 16.9 Å². The van der Waals surface area contributed by atoms with Crippen LogP contribution in [0.4, 0.5) is 0 Å². The predicted octanol–water partition coefficient (Wildman–Crippen LogP) is 2.44. The summed E-state index contributed by atoms with van der Waals surface area (Å²) in [5, 5.41) is 3.34. The molecule has 2 aromatic carbocycles. The lowest BCUT2D eigenvalue weighted by atomic mass is 10.3. The van der Waals surface area contributed by atoms with E-state index in [2.05, 4.69) is 5.32 Å². The van der Waals surface area contributed by atoms with E-state index >= 15 is 0 Å². The number of benzene rings is 2. The van der Waals surface area contributed by atoms with Gasteiger partial charge in [-0.1, -0.05) is 30.3 Å². The first-order valence-electron chi connectivity index (χ1n) is 9.42. The Bertz CT molecular complexity index is 899. The van der Waals surface area contributed by atoms with Crippen LogP contribution in [0.3, 0.4) is 0 Å². The van der Waals surface area contributed by atoms with Crippen molar-refractivity contribution in [2.24, 2.45) is 0 Å². The Morgan fingerprint density at radius 1 is 1.04 bits per heavy atom. The van der Waals surface area contributed by atoms with Crippen molar-refractivity contribution in [2.75, 3.05) is 26.2 Å². The summed E-state index contributed by atoms with van der Waals surface area (Å²) in [5.41, 5.74) is 1.85. The molecule has 0 bridgehead atoms. The van der Waals surface area contributed by atoms with Gasteiger partial charge in [-0.15, -0.1) is 0 Å².